The molecule has 6 heteroatoms. The van der Waals surface area contributed by atoms with Gasteiger partial charge < -0.3 is 0 Å². The van der Waals surface area contributed by atoms with E-state index in [2.05, 4.69) is 0 Å². The van der Waals surface area contributed by atoms with Gasteiger partial charge in [-0.25, -0.2) is 0 Å². The van der Waals surface area contributed by atoms with E-state index in [9.17, 15) is 17.7 Å². The first-order valence-corrected chi connectivity index (χ1v) is 5.34. The molecule has 0 heterocycles. The van der Waals surface area contributed by atoms with Crippen molar-refractivity contribution in [2.45, 2.75) is 5.21 Å². The van der Waals surface area contributed by atoms with Gasteiger partial charge in [0, 0.05) is 0 Å². The Balaban J connectivity index is 3.74. The second-order valence-electron chi connectivity index (χ2n) is 1.17. The quantitative estimate of drug-likeness (QED) is 0.445. The molecular weight excluding hydrogens is 179 g/mol. The van der Waals surface area contributed by atoms with Gasteiger partial charge in [-0.15, -0.1) is 0 Å². The Labute approximate surface area is 47.9 Å². The third-order valence-corrected chi connectivity index (χ3v) is 1.71. The van der Waals surface area contributed by atoms with Crippen LogP contribution in [-0.4, -0.2) is 24.2 Å². The van der Waals surface area contributed by atoms with Crippen LogP contribution < -0.4 is 9.20 Å². The Morgan fingerprint density at radius 1 is 1.75 bits per heavy atom. The maximum atomic E-state index is 9.66. The molecule has 48 valence electrons. The first kappa shape index (κ1) is 7.75. The van der Waals surface area contributed by atoms with Gasteiger partial charge in [0.15, 0.2) is 0 Å². The second kappa shape index (κ2) is 2.35. The fourth-order valence-corrected chi connectivity index (χ4v) is 0.848. The minimum absolute atomic E-state index is 1.25. The molecule has 0 aromatic carbocycles. The van der Waals surface area contributed by atoms with Gasteiger partial charge in [0.05, 0.1) is 0 Å². The van der Waals surface area contributed by atoms with Crippen LogP contribution in [0.15, 0.2) is 0 Å². The summed E-state index contributed by atoms with van der Waals surface area (Å²) in [5, 5.41) is 8.14. The zero-order chi connectivity index (χ0) is 6.78. The number of hydrogen-bond acceptors (Lipinski definition) is 4. The third kappa shape index (κ3) is 5.75. The molecule has 0 rings (SSSR count). The molecule has 1 N–H and O–H groups in total. The Morgan fingerprint density at radius 3 is 2.12 bits per heavy atom. The Kier molecular flexibility index (Phi) is 2.27. The topological polar surface area (TPSA) is 100 Å². The number of carboxylic acid groups (broad SMARTS) is 1. The Bertz CT molecular complexity index is 133. The molecule has 8 heavy (non-hydrogen) atoms. The molecule has 0 aromatic rings. The van der Waals surface area contributed by atoms with E-state index in [4.69, 9.17) is 4.10 Å². The van der Waals surface area contributed by atoms with Crippen LogP contribution in [-0.2, 0) is 8.53 Å². The second-order valence-corrected chi connectivity index (χ2v) is 4.51. The standard InChI is InChI=1S/C2H5AsO5/c4-2(5)1-3(6,7)8/h1H2,(H,4,5)(H2,6,7,8)/p-2. The first-order chi connectivity index (χ1) is 3.42. The fourth-order valence-electron chi connectivity index (χ4n) is 0.163. The van der Waals surface area contributed by atoms with Crippen molar-refractivity contribution >= 4 is 20.1 Å². The molecule has 0 aliphatic rings. The van der Waals surface area contributed by atoms with Crippen LogP contribution in [0.3, 0.4) is 0 Å². The molecule has 0 fully saturated rings. The zero-order valence-corrected chi connectivity index (χ0v) is 5.61. The molecule has 1 unspecified atom stereocenters. The van der Waals surface area contributed by atoms with E-state index in [1.54, 1.807) is 0 Å². The van der Waals surface area contributed by atoms with Crippen LogP contribution in [0.25, 0.3) is 0 Å². The van der Waals surface area contributed by atoms with Crippen molar-refractivity contribution < 1.29 is 21.8 Å². The van der Waals surface area contributed by atoms with Crippen molar-refractivity contribution in [1.29, 1.82) is 0 Å². The van der Waals surface area contributed by atoms with Crippen LogP contribution in [0.2, 0.25) is 5.21 Å². The van der Waals surface area contributed by atoms with E-state index in [-0.39, 0.29) is 0 Å². The summed E-state index contributed by atoms with van der Waals surface area (Å²) in [4.78, 5) is 9.39. The van der Waals surface area contributed by atoms with Crippen molar-refractivity contribution in [3.05, 3.63) is 0 Å². The van der Waals surface area contributed by atoms with E-state index >= 15 is 0 Å². The maximum absolute atomic E-state index is 9.66. The molecule has 5 nitrogen and oxygen atoms in total. The zero-order valence-electron chi connectivity index (χ0n) is 3.73. The molecule has 0 radical (unpaired) electrons. The molecule has 0 saturated carbocycles. The summed E-state index contributed by atoms with van der Waals surface area (Å²) >= 11 is -5.18. The third-order valence-electron chi connectivity index (χ3n) is 0.329. The molecule has 0 bridgehead atoms. The van der Waals surface area contributed by atoms with Crippen molar-refractivity contribution in [3.63, 3.8) is 0 Å². The van der Waals surface area contributed by atoms with Crippen molar-refractivity contribution in [1.82, 2.24) is 0 Å². The number of carbonyl (C=O) groups is 1. The van der Waals surface area contributed by atoms with Crippen molar-refractivity contribution in [2.24, 2.45) is 0 Å². The van der Waals surface area contributed by atoms with Crippen molar-refractivity contribution in [2.75, 3.05) is 0 Å². The number of rotatable bonds is 2. The van der Waals surface area contributed by atoms with Gasteiger partial charge in [0.25, 0.3) is 0 Å². The molecule has 0 saturated heterocycles. The number of hydrogen-bond donors (Lipinski definition) is 1. The molecule has 0 aliphatic carbocycles. The SMILES string of the molecule is O=C([O-])C[As](=O)([O-])O. The average molecular weight is 182 g/mol. The Hall–Kier alpha value is -0.252. The van der Waals surface area contributed by atoms with Gasteiger partial charge in [-0.3, -0.25) is 0 Å². The summed E-state index contributed by atoms with van der Waals surface area (Å²) < 4.78 is 27.2. The van der Waals surface area contributed by atoms with E-state index in [0.717, 1.165) is 0 Å². The van der Waals surface area contributed by atoms with E-state index in [0.29, 0.717) is 0 Å². The van der Waals surface area contributed by atoms with Crippen LogP contribution in [0.1, 0.15) is 0 Å². The molecule has 0 aliphatic heterocycles. The molecule has 0 amide bonds. The van der Waals surface area contributed by atoms with Crippen molar-refractivity contribution in [3.8, 4) is 0 Å². The summed E-state index contributed by atoms with van der Waals surface area (Å²) in [5.74, 6) is -1.77. The van der Waals surface area contributed by atoms with Gasteiger partial charge in [0.1, 0.15) is 0 Å². The predicted molar refractivity (Wildman–Crippen MR) is 18.5 cm³/mol. The van der Waals surface area contributed by atoms with E-state index in [1.807, 2.05) is 0 Å². The van der Waals surface area contributed by atoms with Crippen LogP contribution in [0.4, 0.5) is 0 Å². The first-order valence-electron chi connectivity index (χ1n) is 1.64. The normalized spacial score (nSPS) is 17.2. The van der Waals surface area contributed by atoms with Crippen LogP contribution in [0, 0.1) is 0 Å². The average Bonchev–Trinajstić information content (AvgIpc) is 1.21. The van der Waals surface area contributed by atoms with Gasteiger partial charge >= 0.3 is 47.2 Å². The minimum atomic E-state index is -5.18. The van der Waals surface area contributed by atoms with Gasteiger partial charge in [-0.05, 0) is 0 Å². The number of carboxylic acids is 1. The van der Waals surface area contributed by atoms with Gasteiger partial charge in [-0.2, -0.15) is 0 Å². The molecular formula is C2H3AsO5-2. The number of carbonyl (C=O) groups excluding carboxylic acids is 1. The monoisotopic (exact) mass is 182 g/mol. The molecule has 0 aromatic heterocycles. The summed E-state index contributed by atoms with van der Waals surface area (Å²) in [6.07, 6.45) is 0. The van der Waals surface area contributed by atoms with E-state index in [1.165, 1.54) is 0 Å². The van der Waals surface area contributed by atoms with Gasteiger partial charge in [-0.1, -0.05) is 0 Å². The summed E-state index contributed by atoms with van der Waals surface area (Å²) in [6.45, 7) is 0. The number of aliphatic carboxylic acids is 1. The van der Waals surface area contributed by atoms with E-state index < -0.39 is 25.4 Å². The predicted octanol–water partition coefficient (Wildman–Crippen LogP) is -3.54. The summed E-state index contributed by atoms with van der Waals surface area (Å²) in [6, 6.07) is 0. The Morgan fingerprint density at radius 2 is 2.12 bits per heavy atom. The van der Waals surface area contributed by atoms with Crippen LogP contribution >= 0.6 is 0 Å². The summed E-state index contributed by atoms with van der Waals surface area (Å²) in [5.41, 5.74) is 0. The fraction of sp³-hybridized carbons (Fsp3) is 0.500. The van der Waals surface area contributed by atoms with Crippen LogP contribution in [0.5, 0.6) is 0 Å². The molecule has 1 atom stereocenters. The molecule has 0 spiro atoms. The van der Waals surface area contributed by atoms with Gasteiger partial charge in [0.2, 0.25) is 0 Å². The summed E-state index contributed by atoms with van der Waals surface area (Å²) in [7, 11) is 0.